The molecule has 196 valence electrons. The summed E-state index contributed by atoms with van der Waals surface area (Å²) in [4.78, 5) is 22.9. The number of hydrogen-bond donors (Lipinski definition) is 8. The van der Waals surface area contributed by atoms with Crippen molar-refractivity contribution in [3.63, 3.8) is 0 Å². The van der Waals surface area contributed by atoms with Crippen LogP contribution in [0.25, 0.3) is 0 Å². The molecule has 10 N–H and O–H groups in total. The average molecular weight is 487 g/mol. The van der Waals surface area contributed by atoms with Crippen LogP contribution in [0.15, 0.2) is 33.6 Å². The van der Waals surface area contributed by atoms with Crippen molar-refractivity contribution in [1.29, 1.82) is 10.8 Å². The minimum absolute atomic E-state index is 0.0689. The maximum Gasteiger partial charge on any atom is 0.272 e. The summed E-state index contributed by atoms with van der Waals surface area (Å²) in [6.45, 7) is 18.6. The first-order valence-electron chi connectivity index (χ1n) is 10.2. The van der Waals surface area contributed by atoms with E-state index in [1.807, 2.05) is 0 Å². The second kappa shape index (κ2) is 14.8. The second-order valence-corrected chi connectivity index (χ2v) is 8.88. The molecule has 34 heavy (non-hydrogen) atoms. The molecule has 0 unspecified atom stereocenters. The number of nitrogens with zero attached hydrogens (tertiary/aromatic N) is 4. The molecule has 14 heteroatoms. The van der Waals surface area contributed by atoms with Crippen molar-refractivity contribution >= 4 is 23.5 Å². The smallest absolute Gasteiger partial charge is 0.272 e. The van der Waals surface area contributed by atoms with Gasteiger partial charge in [-0.3, -0.25) is 25.6 Å². The molecule has 0 spiro atoms. The summed E-state index contributed by atoms with van der Waals surface area (Å²) in [6, 6.07) is 0. The number of amides is 2. The molecule has 0 rings (SSSR count). The predicted octanol–water partition coefficient (Wildman–Crippen LogP) is 1.28. The molecule has 0 aromatic heterocycles. The minimum Gasteiger partial charge on any atom is -0.395 e. The van der Waals surface area contributed by atoms with Gasteiger partial charge in [0.1, 0.15) is 22.7 Å². The van der Waals surface area contributed by atoms with E-state index in [-0.39, 0.29) is 24.8 Å². The molecule has 0 radical (unpaired) electrons. The number of nitrogens with one attached hydrogen (secondary N) is 4. The van der Waals surface area contributed by atoms with Gasteiger partial charge in [-0.15, -0.1) is 13.2 Å². The number of carbonyl (C=O) groups excluding carboxylic acids is 2. The molecule has 0 saturated heterocycles. The monoisotopic (exact) mass is 486 g/mol. The molecule has 0 aromatic rings. The number of rotatable bonds is 10. The molecule has 0 saturated carbocycles. The van der Waals surface area contributed by atoms with Crippen LogP contribution in [-0.2, 0) is 9.59 Å². The molecule has 0 aliphatic carbocycles. The Morgan fingerprint density at radius 3 is 1.32 bits per heavy atom. The third-order valence-electron chi connectivity index (χ3n) is 4.03. The number of amidine groups is 2. The number of carbonyl (C=O) groups is 2. The van der Waals surface area contributed by atoms with Gasteiger partial charge in [0.05, 0.1) is 6.61 Å². The highest BCUT2D eigenvalue weighted by Gasteiger charge is 2.32. The van der Waals surface area contributed by atoms with Crippen LogP contribution in [0.2, 0.25) is 0 Å². The fourth-order valence-corrected chi connectivity index (χ4v) is 1.22. The van der Waals surface area contributed by atoms with Crippen LogP contribution in [0, 0.1) is 10.8 Å². The van der Waals surface area contributed by atoms with Crippen molar-refractivity contribution < 1.29 is 19.9 Å². The van der Waals surface area contributed by atoms with Crippen LogP contribution < -0.4 is 22.3 Å². The van der Waals surface area contributed by atoms with E-state index >= 15 is 0 Å². The van der Waals surface area contributed by atoms with Crippen molar-refractivity contribution in [2.75, 3.05) is 13.2 Å². The Bertz CT molecular complexity index is 730. The van der Waals surface area contributed by atoms with E-state index in [1.54, 1.807) is 27.7 Å². The highest BCUT2D eigenvalue weighted by atomic mass is 16.5. The third-order valence-corrected chi connectivity index (χ3v) is 4.03. The summed E-state index contributed by atoms with van der Waals surface area (Å²) >= 11 is 0. The van der Waals surface area contributed by atoms with E-state index in [0.29, 0.717) is 0 Å². The van der Waals surface area contributed by atoms with Gasteiger partial charge < -0.3 is 21.9 Å². The lowest BCUT2D eigenvalue weighted by atomic mass is 10.1. The van der Waals surface area contributed by atoms with Crippen molar-refractivity contribution in [2.45, 2.75) is 77.5 Å². The molecular weight excluding hydrogens is 444 g/mol. The Balaban J connectivity index is -0.000000541. The van der Waals surface area contributed by atoms with Crippen LogP contribution >= 0.6 is 0 Å². The Morgan fingerprint density at radius 1 is 0.765 bits per heavy atom. The number of nitrogens with two attached hydrogens (primary N) is 2. The van der Waals surface area contributed by atoms with Crippen molar-refractivity contribution in [1.82, 2.24) is 10.8 Å². The summed E-state index contributed by atoms with van der Waals surface area (Å²) in [5.74, 6) is -1.28. The van der Waals surface area contributed by atoms with E-state index in [0.717, 1.165) is 0 Å². The third kappa shape index (κ3) is 13.3. The summed E-state index contributed by atoms with van der Waals surface area (Å²) < 4.78 is 0. The molecule has 0 atom stereocenters. The molecular formula is C20H42N10O4. The first-order chi connectivity index (χ1) is 15.3. The first kappa shape index (κ1) is 35.3. The number of aliphatic hydroxyl groups excluding tert-OH is 1. The van der Waals surface area contributed by atoms with E-state index in [2.05, 4.69) is 38.9 Å². The highest BCUT2D eigenvalue weighted by molar-refractivity contribution is 5.88. The Kier molecular flexibility index (Phi) is 15.4. The lowest BCUT2D eigenvalue weighted by Crippen LogP contribution is -2.43. The molecule has 0 fully saturated rings. The van der Waals surface area contributed by atoms with Crippen molar-refractivity contribution in [3.8, 4) is 0 Å². The van der Waals surface area contributed by atoms with Crippen molar-refractivity contribution in [3.05, 3.63) is 13.2 Å². The Hall–Kier alpha value is -3.26. The Morgan fingerprint density at radius 2 is 1.06 bits per heavy atom. The second-order valence-electron chi connectivity index (χ2n) is 8.88. The van der Waals surface area contributed by atoms with Gasteiger partial charge in [-0.2, -0.15) is 20.5 Å². The van der Waals surface area contributed by atoms with E-state index < -0.39 is 34.0 Å². The van der Waals surface area contributed by atoms with Gasteiger partial charge in [0.25, 0.3) is 5.91 Å². The zero-order chi connectivity index (χ0) is 28.0. The average Bonchev–Trinajstić information content (AvgIpc) is 2.75. The van der Waals surface area contributed by atoms with Gasteiger partial charge in [0, 0.05) is 6.54 Å². The zero-order valence-corrected chi connectivity index (χ0v) is 21.5. The van der Waals surface area contributed by atoms with E-state index in [4.69, 9.17) is 32.6 Å². The van der Waals surface area contributed by atoms with Crippen molar-refractivity contribution in [2.24, 2.45) is 31.9 Å². The van der Waals surface area contributed by atoms with Gasteiger partial charge in [-0.05, 0) is 55.4 Å². The largest absolute Gasteiger partial charge is 0.395 e. The number of aliphatic hydroxyl groups is 1. The topological polar surface area (TPSA) is 248 Å². The molecule has 0 aliphatic rings. The van der Waals surface area contributed by atoms with Crippen LogP contribution in [-0.4, -0.2) is 69.1 Å². The van der Waals surface area contributed by atoms with Crippen LogP contribution in [0.3, 0.4) is 0 Å². The van der Waals surface area contributed by atoms with Gasteiger partial charge in [-0.25, -0.2) is 5.48 Å². The predicted molar refractivity (Wildman–Crippen MR) is 131 cm³/mol. The quantitative estimate of drug-likeness (QED) is 0.0563. The molecule has 2 amide bonds. The SMILES string of the molecule is C=C.CC(C)(N=NC(C)(C)C(=N)N)C(=N)N.CC(C)(N=NC(C)(C)C(=O)NCCO)C(=O)NO. The van der Waals surface area contributed by atoms with Gasteiger partial charge in [0.2, 0.25) is 5.91 Å². The number of hydroxylamine groups is 1. The fraction of sp³-hybridized carbons (Fsp3) is 0.700. The van der Waals surface area contributed by atoms with Gasteiger partial charge in [-0.1, -0.05) is 0 Å². The summed E-state index contributed by atoms with van der Waals surface area (Å²) in [6.07, 6.45) is 0. The highest BCUT2D eigenvalue weighted by Crippen LogP contribution is 2.16. The molecule has 0 aromatic carbocycles. The number of azo groups is 2. The first-order valence-corrected chi connectivity index (χ1v) is 10.2. The lowest BCUT2D eigenvalue weighted by molar-refractivity contribution is -0.134. The van der Waals surface area contributed by atoms with E-state index in [9.17, 15) is 9.59 Å². The van der Waals surface area contributed by atoms with Gasteiger partial charge in [0.15, 0.2) is 11.1 Å². The minimum atomic E-state index is -1.27. The van der Waals surface area contributed by atoms with Crippen LogP contribution in [0.1, 0.15) is 55.4 Å². The molecule has 0 heterocycles. The van der Waals surface area contributed by atoms with E-state index in [1.165, 1.54) is 33.2 Å². The van der Waals surface area contributed by atoms with Gasteiger partial charge >= 0.3 is 0 Å². The maximum atomic E-state index is 11.7. The Labute approximate surface area is 201 Å². The summed E-state index contributed by atoms with van der Waals surface area (Å²) in [5, 5.41) is 49.4. The standard InChI is InChI=1S/C10H20N4O4.C8H18N6.C2H4/c1-9(2,7(16)11-5-6-15)13-14-10(3,4)8(17)12-18;1-7(2,5(9)10)13-14-8(3,4)6(11)12;1-2/h15,18H,5-6H2,1-4H3,(H,11,16)(H,12,17);1-4H3,(H3,9,10)(H3,11,12);1-2H2. The number of hydrogen-bond acceptors (Lipinski definition) is 10. The molecule has 14 nitrogen and oxygen atoms in total. The van der Waals surface area contributed by atoms with Crippen LogP contribution in [0.5, 0.6) is 0 Å². The normalized spacial score (nSPS) is 12.2. The van der Waals surface area contributed by atoms with Crippen LogP contribution in [0.4, 0.5) is 0 Å². The maximum absolute atomic E-state index is 11.7. The molecule has 0 bridgehead atoms. The zero-order valence-electron chi connectivity index (χ0n) is 21.5. The lowest BCUT2D eigenvalue weighted by Gasteiger charge is -2.21. The molecule has 0 aliphatic heterocycles. The summed E-state index contributed by atoms with van der Waals surface area (Å²) in [5.41, 5.74) is 8.00. The summed E-state index contributed by atoms with van der Waals surface area (Å²) in [7, 11) is 0. The fourth-order valence-electron chi connectivity index (χ4n) is 1.22.